The lowest BCUT2D eigenvalue weighted by atomic mass is 10.4. The highest BCUT2D eigenvalue weighted by atomic mass is 31.2. The number of rotatable bonds is 6. The summed E-state index contributed by atoms with van der Waals surface area (Å²) in [4.78, 5) is 21.5. The molecule has 3 rings (SSSR count). The van der Waals surface area contributed by atoms with Crippen molar-refractivity contribution < 1.29 is 19.4 Å². The first-order chi connectivity index (χ1) is 14.0. The summed E-state index contributed by atoms with van der Waals surface area (Å²) in [6.45, 7) is 3.22. The van der Waals surface area contributed by atoms with Gasteiger partial charge >= 0.3 is 5.97 Å². The second-order valence-corrected chi connectivity index (χ2v) is 9.76. The van der Waals surface area contributed by atoms with Gasteiger partial charge in [-0.05, 0) is 50.2 Å². The molecule has 0 aliphatic carbocycles. The van der Waals surface area contributed by atoms with Gasteiger partial charge in [0.2, 0.25) is 0 Å². The van der Waals surface area contributed by atoms with Gasteiger partial charge in [-0.15, -0.1) is 0 Å². The monoisotopic (exact) mass is 408 g/mol. The van der Waals surface area contributed by atoms with Gasteiger partial charge in [-0.1, -0.05) is 54.6 Å². The number of carbonyl (C=O) groups excluding carboxylic acids is 2. The van der Waals surface area contributed by atoms with Crippen molar-refractivity contribution in [3.05, 3.63) is 91.0 Å². The van der Waals surface area contributed by atoms with E-state index in [1.807, 2.05) is 61.5 Å². The lowest BCUT2D eigenvalue weighted by Gasteiger charge is -2.26. The topological polar surface area (TPSA) is 66.4 Å². The van der Waals surface area contributed by atoms with Gasteiger partial charge in [-0.2, -0.15) is 0 Å². The van der Waals surface area contributed by atoms with Crippen molar-refractivity contribution in [3.8, 4) is 0 Å². The number of aliphatic carboxylic acids is 1. The molecule has 4 nitrogen and oxygen atoms in total. The van der Waals surface area contributed by atoms with Crippen LogP contribution in [-0.2, 0) is 14.3 Å². The van der Waals surface area contributed by atoms with E-state index in [-0.39, 0.29) is 5.97 Å². The van der Waals surface area contributed by atoms with Crippen LogP contribution in [-0.4, -0.2) is 24.7 Å². The van der Waals surface area contributed by atoms with Gasteiger partial charge in [-0.25, -0.2) is 4.79 Å². The van der Waals surface area contributed by atoms with Gasteiger partial charge in [0.05, 0.1) is 6.61 Å². The molecule has 0 aliphatic heterocycles. The van der Waals surface area contributed by atoms with E-state index in [9.17, 15) is 4.79 Å². The Morgan fingerprint density at radius 2 is 1.07 bits per heavy atom. The summed E-state index contributed by atoms with van der Waals surface area (Å²) in [5, 5.41) is 12.5. The number of carboxylic acids is 1. The summed E-state index contributed by atoms with van der Waals surface area (Å²) in [5.74, 6) is -1.23. The summed E-state index contributed by atoms with van der Waals surface area (Å²) in [7, 11) is -2.11. The van der Waals surface area contributed by atoms with Crippen molar-refractivity contribution in [2.24, 2.45) is 0 Å². The highest BCUT2D eigenvalue weighted by Gasteiger charge is 2.47. The maximum atomic E-state index is 12.6. The third-order valence-corrected chi connectivity index (χ3v) is 8.53. The van der Waals surface area contributed by atoms with Crippen LogP contribution in [0.5, 0.6) is 0 Å². The van der Waals surface area contributed by atoms with Gasteiger partial charge in [0.15, 0.2) is 6.16 Å². The van der Waals surface area contributed by atoms with E-state index in [4.69, 9.17) is 14.6 Å². The number of hydrogen-bond acceptors (Lipinski definition) is 4. The van der Waals surface area contributed by atoms with Crippen molar-refractivity contribution in [2.45, 2.75) is 13.8 Å². The lowest BCUT2D eigenvalue weighted by Crippen LogP contribution is -2.36. The Morgan fingerprint density at radius 3 is 1.34 bits per heavy atom. The van der Waals surface area contributed by atoms with E-state index >= 15 is 0 Å². The Hall–Kier alpha value is -2.97. The van der Waals surface area contributed by atoms with Crippen LogP contribution in [0.2, 0.25) is 0 Å². The third-order valence-electron chi connectivity index (χ3n) is 4.26. The molecule has 0 aliphatic rings. The Balaban J connectivity index is 0.000000687. The number of carboxylic acid groups (broad SMARTS) is 1. The van der Waals surface area contributed by atoms with Crippen molar-refractivity contribution in [3.63, 3.8) is 0 Å². The molecule has 0 unspecified atom stereocenters. The summed E-state index contributed by atoms with van der Waals surface area (Å²) in [5.41, 5.74) is 0. The second kappa shape index (κ2) is 11.1. The summed E-state index contributed by atoms with van der Waals surface area (Å²) in [6, 6.07) is 31.1. The van der Waals surface area contributed by atoms with Crippen molar-refractivity contribution >= 4 is 35.1 Å². The summed E-state index contributed by atoms with van der Waals surface area (Å²) < 4.78 is 5.35. The fourth-order valence-corrected chi connectivity index (χ4v) is 7.13. The Kier molecular flexibility index (Phi) is 8.57. The zero-order valence-corrected chi connectivity index (χ0v) is 17.5. The normalized spacial score (nSPS) is 10.4. The van der Waals surface area contributed by atoms with E-state index in [1.54, 1.807) is 0 Å². The minimum Gasteiger partial charge on any atom is -0.550 e. The van der Waals surface area contributed by atoms with E-state index in [2.05, 4.69) is 36.4 Å². The van der Waals surface area contributed by atoms with Gasteiger partial charge in [0.25, 0.3) is 0 Å². The molecule has 0 aromatic heterocycles. The zero-order chi connectivity index (χ0) is 21.1. The fraction of sp³-hybridized carbons (Fsp3) is 0.167. The number of ether oxygens (including phenoxy) is 1. The first kappa shape index (κ1) is 22.3. The van der Waals surface area contributed by atoms with Crippen molar-refractivity contribution in [1.29, 1.82) is 0 Å². The highest BCUT2D eigenvalue weighted by molar-refractivity contribution is 7.96. The number of carbonyl (C=O) groups is 2. The number of benzene rings is 3. The SMILES string of the molecule is CC(=O)[O-].CCOC(=O)C[P+](c1ccccc1)(c1ccccc1)c1ccccc1. The van der Waals surface area contributed by atoms with Crippen LogP contribution in [0.25, 0.3) is 0 Å². The van der Waals surface area contributed by atoms with E-state index in [0.717, 1.165) is 6.92 Å². The van der Waals surface area contributed by atoms with Gasteiger partial charge in [0, 0.05) is 5.97 Å². The number of esters is 1. The van der Waals surface area contributed by atoms with Crippen LogP contribution in [0.15, 0.2) is 91.0 Å². The van der Waals surface area contributed by atoms with E-state index < -0.39 is 13.2 Å². The molecule has 29 heavy (non-hydrogen) atoms. The average molecular weight is 408 g/mol. The van der Waals surface area contributed by atoms with Crippen LogP contribution in [0.3, 0.4) is 0 Å². The predicted molar refractivity (Wildman–Crippen MR) is 117 cm³/mol. The van der Waals surface area contributed by atoms with Gasteiger partial charge in [0.1, 0.15) is 23.2 Å². The average Bonchev–Trinajstić information content (AvgIpc) is 2.74. The first-order valence-electron chi connectivity index (χ1n) is 9.38. The van der Waals surface area contributed by atoms with Crippen molar-refractivity contribution in [2.75, 3.05) is 12.8 Å². The molecule has 3 aromatic carbocycles. The van der Waals surface area contributed by atoms with Crippen LogP contribution in [0, 0.1) is 0 Å². The maximum Gasteiger partial charge on any atom is 0.345 e. The van der Waals surface area contributed by atoms with Crippen LogP contribution in [0.1, 0.15) is 13.8 Å². The highest BCUT2D eigenvalue weighted by Crippen LogP contribution is 2.55. The molecule has 0 radical (unpaired) electrons. The molecular weight excluding hydrogens is 383 g/mol. The van der Waals surface area contributed by atoms with Gasteiger partial charge in [-0.3, -0.25) is 0 Å². The molecule has 0 N–H and O–H groups in total. The molecule has 0 amide bonds. The Labute approximate surface area is 172 Å². The minimum atomic E-state index is -2.11. The molecule has 0 saturated carbocycles. The Morgan fingerprint density at radius 1 is 0.759 bits per heavy atom. The second-order valence-electron chi connectivity index (χ2n) is 6.27. The number of hydrogen-bond donors (Lipinski definition) is 0. The Bertz CT molecular complexity index is 795. The molecule has 0 bridgehead atoms. The molecule has 0 saturated heterocycles. The molecule has 5 heteroatoms. The first-order valence-corrected chi connectivity index (χ1v) is 11.4. The minimum absolute atomic E-state index is 0.146. The zero-order valence-electron chi connectivity index (χ0n) is 16.7. The molecule has 0 fully saturated rings. The largest absolute Gasteiger partial charge is 0.550 e. The van der Waals surface area contributed by atoms with E-state index in [1.165, 1.54) is 15.9 Å². The molecular formula is C24H25O4P. The quantitative estimate of drug-likeness (QED) is 0.464. The summed E-state index contributed by atoms with van der Waals surface area (Å²) in [6.07, 6.45) is 0.374. The van der Waals surface area contributed by atoms with Crippen LogP contribution in [0.4, 0.5) is 0 Å². The standard InChI is InChI=1S/C22H22O2P.C2H4O2/c1-2-24-22(23)18-25(19-12-6-3-7-13-19,20-14-8-4-9-15-20)21-16-10-5-11-17-21;1-2(3)4/h3-17H,2,18H2,1H3;1H3,(H,3,4)/q+1;/p-1. The molecule has 0 heterocycles. The van der Waals surface area contributed by atoms with E-state index in [0.29, 0.717) is 12.8 Å². The molecule has 3 aromatic rings. The predicted octanol–water partition coefficient (Wildman–Crippen LogP) is 2.30. The maximum absolute atomic E-state index is 12.6. The molecule has 150 valence electrons. The van der Waals surface area contributed by atoms with Gasteiger partial charge < -0.3 is 14.6 Å². The van der Waals surface area contributed by atoms with Crippen LogP contribution >= 0.6 is 7.26 Å². The third kappa shape index (κ3) is 6.00. The summed E-state index contributed by atoms with van der Waals surface area (Å²) >= 11 is 0. The fourth-order valence-electron chi connectivity index (χ4n) is 3.17. The molecule has 0 atom stereocenters. The smallest absolute Gasteiger partial charge is 0.345 e. The lowest BCUT2D eigenvalue weighted by molar-refractivity contribution is -0.302. The van der Waals surface area contributed by atoms with Crippen molar-refractivity contribution in [1.82, 2.24) is 0 Å². The van der Waals surface area contributed by atoms with Crippen LogP contribution < -0.4 is 21.0 Å². The molecule has 0 spiro atoms.